The molecule has 0 unspecified atom stereocenters. The summed E-state index contributed by atoms with van der Waals surface area (Å²) in [6.07, 6.45) is 5.51. The van der Waals surface area contributed by atoms with Crippen LogP contribution in [0.4, 0.5) is 0 Å². The minimum Gasteiger partial charge on any atom is -0.451 e. The summed E-state index contributed by atoms with van der Waals surface area (Å²) >= 11 is 9.40. The Hall–Kier alpha value is -1.00. The lowest BCUT2D eigenvalue weighted by molar-refractivity contribution is -0.119. The van der Waals surface area contributed by atoms with Gasteiger partial charge in [-0.05, 0) is 37.1 Å². The lowest BCUT2D eigenvalue weighted by atomic mass is 9.78. The third-order valence-electron chi connectivity index (χ3n) is 4.29. The number of amides is 1. The zero-order valence-corrected chi connectivity index (χ0v) is 14.0. The number of alkyl halides is 1. The highest BCUT2D eigenvalue weighted by atomic mass is 79.9. The fourth-order valence-electron chi connectivity index (χ4n) is 3.20. The molecule has 0 atom stereocenters. The second kappa shape index (κ2) is 6.01. The molecule has 1 N–H and O–H groups in total. The largest absolute Gasteiger partial charge is 0.451 e. The Bertz CT molecular complexity index is 576. The molecule has 21 heavy (non-hydrogen) atoms. The molecule has 3 rings (SSSR count). The highest BCUT2D eigenvalue weighted by molar-refractivity contribution is 9.09. The molecule has 112 valence electrons. The van der Waals surface area contributed by atoms with Crippen LogP contribution in [0.5, 0.6) is 5.75 Å². The maximum atomic E-state index is 12.3. The molecule has 1 fully saturated rings. The summed E-state index contributed by atoms with van der Waals surface area (Å²) in [6.45, 7) is 0. The SMILES string of the molecule is O=C1NC2(CCCCC2)C(CBr)=C1Oc1ccc(Cl)cc1. The molecule has 5 heteroatoms. The van der Waals surface area contributed by atoms with Crippen LogP contribution in [0, 0.1) is 0 Å². The highest BCUT2D eigenvalue weighted by Crippen LogP contribution is 2.40. The summed E-state index contributed by atoms with van der Waals surface area (Å²) in [7, 11) is 0. The van der Waals surface area contributed by atoms with Gasteiger partial charge in [0.05, 0.1) is 5.54 Å². The van der Waals surface area contributed by atoms with E-state index in [9.17, 15) is 4.79 Å². The average molecular weight is 371 g/mol. The standard InChI is InChI=1S/C16H17BrClNO2/c17-10-13-14(21-12-6-4-11(18)5-7-12)15(20)19-16(13)8-2-1-3-9-16/h4-7H,1-3,8-10H2,(H,19,20). The van der Waals surface area contributed by atoms with Crippen molar-refractivity contribution in [2.24, 2.45) is 0 Å². The molecule has 0 saturated heterocycles. The summed E-state index contributed by atoms with van der Waals surface area (Å²) in [6, 6.07) is 7.07. The lowest BCUT2D eigenvalue weighted by Gasteiger charge is -2.35. The van der Waals surface area contributed by atoms with Gasteiger partial charge >= 0.3 is 0 Å². The van der Waals surface area contributed by atoms with Crippen LogP contribution >= 0.6 is 27.5 Å². The zero-order chi connectivity index (χ0) is 14.9. The summed E-state index contributed by atoms with van der Waals surface area (Å²) < 4.78 is 5.85. The van der Waals surface area contributed by atoms with E-state index in [4.69, 9.17) is 16.3 Å². The molecule has 1 aromatic rings. The van der Waals surface area contributed by atoms with Gasteiger partial charge in [-0.1, -0.05) is 46.8 Å². The Labute approximate surface area is 137 Å². The smallest absolute Gasteiger partial charge is 0.287 e. The monoisotopic (exact) mass is 369 g/mol. The van der Waals surface area contributed by atoms with Crippen LogP contribution in [-0.4, -0.2) is 16.8 Å². The normalized spacial score (nSPS) is 20.8. The fourth-order valence-corrected chi connectivity index (χ4v) is 4.12. The van der Waals surface area contributed by atoms with Gasteiger partial charge in [0.25, 0.3) is 5.91 Å². The van der Waals surface area contributed by atoms with E-state index in [1.807, 2.05) is 0 Å². The summed E-state index contributed by atoms with van der Waals surface area (Å²) in [5.74, 6) is 0.966. The number of carbonyl (C=O) groups excluding carboxylic acids is 1. The van der Waals surface area contributed by atoms with E-state index in [2.05, 4.69) is 21.2 Å². The summed E-state index contributed by atoms with van der Waals surface area (Å²) in [4.78, 5) is 12.3. The lowest BCUT2D eigenvalue weighted by Crippen LogP contribution is -2.46. The minimum atomic E-state index is -0.208. The van der Waals surface area contributed by atoms with Gasteiger partial charge < -0.3 is 10.1 Å². The molecule has 1 aromatic carbocycles. The van der Waals surface area contributed by atoms with Gasteiger partial charge in [-0.15, -0.1) is 0 Å². The average Bonchev–Trinajstić information content (AvgIpc) is 2.73. The maximum absolute atomic E-state index is 12.3. The molecular weight excluding hydrogens is 354 g/mol. The van der Waals surface area contributed by atoms with Crippen molar-refractivity contribution in [2.45, 2.75) is 37.6 Å². The van der Waals surface area contributed by atoms with Crippen molar-refractivity contribution in [2.75, 3.05) is 5.33 Å². The van der Waals surface area contributed by atoms with Crippen molar-refractivity contribution in [1.29, 1.82) is 0 Å². The van der Waals surface area contributed by atoms with Crippen molar-refractivity contribution in [3.05, 3.63) is 40.6 Å². The van der Waals surface area contributed by atoms with Crippen LogP contribution < -0.4 is 10.1 Å². The van der Waals surface area contributed by atoms with Gasteiger partial charge in [-0.2, -0.15) is 0 Å². The van der Waals surface area contributed by atoms with Gasteiger partial charge in [0.15, 0.2) is 5.76 Å². The third-order valence-corrected chi connectivity index (χ3v) is 5.10. The van der Waals surface area contributed by atoms with E-state index in [1.165, 1.54) is 6.42 Å². The Morgan fingerprint density at radius 1 is 1.19 bits per heavy atom. The third kappa shape index (κ3) is 2.84. The fraction of sp³-hybridized carbons (Fsp3) is 0.438. The van der Waals surface area contributed by atoms with E-state index < -0.39 is 0 Å². The molecule has 1 heterocycles. The molecule has 1 saturated carbocycles. The van der Waals surface area contributed by atoms with E-state index in [0.717, 1.165) is 31.3 Å². The van der Waals surface area contributed by atoms with E-state index in [0.29, 0.717) is 21.9 Å². The summed E-state index contributed by atoms with van der Waals surface area (Å²) in [5.41, 5.74) is 0.836. The predicted molar refractivity (Wildman–Crippen MR) is 86.9 cm³/mol. The highest BCUT2D eigenvalue weighted by Gasteiger charge is 2.46. The van der Waals surface area contributed by atoms with Crippen LogP contribution in [0.1, 0.15) is 32.1 Å². The number of rotatable bonds is 3. The molecule has 1 amide bonds. The Kier molecular flexibility index (Phi) is 4.27. The maximum Gasteiger partial charge on any atom is 0.287 e. The summed E-state index contributed by atoms with van der Waals surface area (Å²) in [5, 5.41) is 4.46. The van der Waals surface area contributed by atoms with Crippen LogP contribution in [0.25, 0.3) is 0 Å². The number of hydrogen-bond acceptors (Lipinski definition) is 2. The van der Waals surface area contributed by atoms with Crippen molar-refractivity contribution in [3.8, 4) is 5.75 Å². The molecule has 1 aliphatic carbocycles. The number of ether oxygens (including phenoxy) is 1. The first kappa shape index (κ1) is 14.9. The molecule has 2 aliphatic rings. The number of halogens is 2. The van der Waals surface area contributed by atoms with Crippen molar-refractivity contribution < 1.29 is 9.53 Å². The Balaban J connectivity index is 1.91. The Morgan fingerprint density at radius 2 is 1.86 bits per heavy atom. The van der Waals surface area contributed by atoms with Gasteiger partial charge in [0.2, 0.25) is 0 Å². The van der Waals surface area contributed by atoms with Crippen LogP contribution in [0.3, 0.4) is 0 Å². The number of benzene rings is 1. The van der Waals surface area contributed by atoms with Gasteiger partial charge in [0.1, 0.15) is 5.75 Å². The number of hydrogen-bond donors (Lipinski definition) is 1. The first-order chi connectivity index (χ1) is 10.1. The quantitative estimate of drug-likeness (QED) is 0.810. The first-order valence-electron chi connectivity index (χ1n) is 7.20. The van der Waals surface area contributed by atoms with Crippen LogP contribution in [-0.2, 0) is 4.79 Å². The van der Waals surface area contributed by atoms with Crippen LogP contribution in [0.2, 0.25) is 5.02 Å². The number of nitrogens with one attached hydrogen (secondary N) is 1. The van der Waals surface area contributed by atoms with Crippen molar-refractivity contribution >= 4 is 33.4 Å². The van der Waals surface area contributed by atoms with E-state index in [1.54, 1.807) is 24.3 Å². The molecule has 3 nitrogen and oxygen atoms in total. The van der Waals surface area contributed by atoms with Gasteiger partial charge in [-0.3, -0.25) is 4.79 Å². The first-order valence-corrected chi connectivity index (χ1v) is 8.70. The van der Waals surface area contributed by atoms with E-state index in [-0.39, 0.29) is 11.4 Å². The number of carbonyl (C=O) groups is 1. The van der Waals surface area contributed by atoms with Crippen LogP contribution in [0.15, 0.2) is 35.6 Å². The topological polar surface area (TPSA) is 38.3 Å². The second-order valence-electron chi connectivity index (χ2n) is 5.59. The second-order valence-corrected chi connectivity index (χ2v) is 6.59. The van der Waals surface area contributed by atoms with Gasteiger partial charge in [-0.25, -0.2) is 0 Å². The molecule has 0 radical (unpaired) electrons. The van der Waals surface area contributed by atoms with Gasteiger partial charge in [0, 0.05) is 15.9 Å². The molecule has 1 spiro atoms. The molecule has 0 aromatic heterocycles. The molecule has 1 aliphatic heterocycles. The van der Waals surface area contributed by atoms with Crippen molar-refractivity contribution in [1.82, 2.24) is 5.32 Å². The van der Waals surface area contributed by atoms with E-state index >= 15 is 0 Å². The predicted octanol–water partition coefficient (Wildman–Crippen LogP) is 4.20. The Morgan fingerprint density at radius 3 is 2.48 bits per heavy atom. The van der Waals surface area contributed by atoms with Crippen molar-refractivity contribution in [3.63, 3.8) is 0 Å². The zero-order valence-electron chi connectivity index (χ0n) is 11.6. The molecular formula is C16H17BrClNO2. The molecule has 0 bridgehead atoms. The minimum absolute atomic E-state index is 0.110.